The molecule has 0 radical (unpaired) electrons. The molecule has 2 heterocycles. The topological polar surface area (TPSA) is 48.7 Å². The molecule has 1 aromatic heterocycles. The summed E-state index contributed by atoms with van der Waals surface area (Å²) in [6.07, 6.45) is 2.96. The Kier molecular flexibility index (Phi) is 4.94. The Morgan fingerprint density at radius 3 is 2.42 bits per heavy atom. The van der Waals surface area contributed by atoms with E-state index in [1.807, 2.05) is 0 Å². The van der Waals surface area contributed by atoms with E-state index < -0.39 is 5.79 Å². The van der Waals surface area contributed by atoms with Crippen LogP contribution in [0, 0.1) is 17.6 Å². The van der Waals surface area contributed by atoms with Crippen molar-refractivity contribution in [2.24, 2.45) is 0 Å². The lowest BCUT2D eigenvalue weighted by Crippen LogP contribution is -2.46. The van der Waals surface area contributed by atoms with Crippen LogP contribution in [0.3, 0.4) is 0 Å². The van der Waals surface area contributed by atoms with E-state index in [1.54, 1.807) is 0 Å². The van der Waals surface area contributed by atoms with Crippen molar-refractivity contribution in [2.75, 3.05) is 13.2 Å². The quantitative estimate of drug-likeness (QED) is 0.236. The number of rotatable bonds is 0. The minimum Gasteiger partial charge on any atom is -0.421 e. The average Bonchev–Trinajstić information content (AvgIpc) is 2.59. The molecule has 2 aromatic rings. The third-order valence-corrected chi connectivity index (χ3v) is 9.58. The van der Waals surface area contributed by atoms with Gasteiger partial charge in [-0.1, -0.05) is 0 Å². The number of ether oxygens (including phenoxy) is 2. The van der Waals surface area contributed by atoms with Gasteiger partial charge in [0.2, 0.25) is 0 Å². The summed E-state index contributed by atoms with van der Waals surface area (Å²) in [6.45, 7) is 3.46. The van der Waals surface area contributed by atoms with E-state index in [0.29, 0.717) is 19.6 Å². The van der Waals surface area contributed by atoms with Crippen LogP contribution in [0.25, 0.3) is 11.0 Å². The molecular formula is C17H15I3O4. The summed E-state index contributed by atoms with van der Waals surface area (Å²) in [4.78, 5) is 12.7. The molecule has 7 heteroatoms. The maximum Gasteiger partial charge on any atom is 0.339 e. The van der Waals surface area contributed by atoms with Crippen molar-refractivity contribution in [3.05, 3.63) is 37.8 Å². The van der Waals surface area contributed by atoms with Crippen LogP contribution in [-0.2, 0) is 22.3 Å². The summed E-state index contributed by atoms with van der Waals surface area (Å²) >= 11 is 7.04. The van der Waals surface area contributed by atoms with Crippen LogP contribution in [0.15, 0.2) is 9.21 Å². The van der Waals surface area contributed by atoms with Gasteiger partial charge in [0.25, 0.3) is 0 Å². The van der Waals surface area contributed by atoms with E-state index in [9.17, 15) is 4.79 Å². The lowest BCUT2D eigenvalue weighted by Gasteiger charge is -2.40. The van der Waals surface area contributed by atoms with E-state index >= 15 is 0 Å². The van der Waals surface area contributed by atoms with Crippen LogP contribution < -0.4 is 5.63 Å². The second-order valence-electron chi connectivity index (χ2n) is 6.26. The molecule has 0 unspecified atom stereocenters. The molecule has 1 saturated heterocycles. The maximum absolute atomic E-state index is 12.7. The van der Waals surface area contributed by atoms with Crippen LogP contribution in [0.2, 0.25) is 0 Å². The number of aryl methyl sites for hydroxylation is 1. The summed E-state index contributed by atoms with van der Waals surface area (Å²) in [5, 5.41) is 1.09. The third kappa shape index (κ3) is 2.76. The monoisotopic (exact) mass is 664 g/mol. The Hall–Kier alpha value is 0.540. The normalized spacial score (nSPS) is 19.7. The van der Waals surface area contributed by atoms with Crippen LogP contribution >= 0.6 is 67.8 Å². The molecule has 0 N–H and O–H groups in total. The van der Waals surface area contributed by atoms with Crippen molar-refractivity contribution in [1.82, 2.24) is 0 Å². The zero-order valence-corrected chi connectivity index (χ0v) is 19.5. The zero-order chi connectivity index (χ0) is 17.1. The van der Waals surface area contributed by atoms with Crippen molar-refractivity contribution in [2.45, 2.75) is 38.4 Å². The number of benzene rings is 1. The average molecular weight is 664 g/mol. The fourth-order valence-electron chi connectivity index (χ4n) is 3.54. The fraction of sp³-hybridized carbons (Fsp3) is 0.471. The standard InChI is InChI=1S/C17H15I3O4/c1-8-12(18)14(20)11-9-3-4-17(22-5-2-6-23-17)7-10(9)16(21)24-15(11)13(8)19/h2-7H2,1H3. The van der Waals surface area contributed by atoms with Gasteiger partial charge in [0.05, 0.1) is 16.8 Å². The second-order valence-corrected chi connectivity index (χ2v) is 9.49. The highest BCUT2D eigenvalue weighted by molar-refractivity contribution is 14.1. The summed E-state index contributed by atoms with van der Waals surface area (Å²) in [6, 6.07) is 0. The molecule has 1 aliphatic heterocycles. The van der Waals surface area contributed by atoms with Crippen molar-refractivity contribution in [1.29, 1.82) is 0 Å². The van der Waals surface area contributed by atoms with Crippen LogP contribution in [0.5, 0.6) is 0 Å². The summed E-state index contributed by atoms with van der Waals surface area (Å²) in [5.74, 6) is -0.635. The molecule has 0 amide bonds. The third-order valence-electron chi connectivity index (χ3n) is 4.83. The Labute approximate surface area is 180 Å². The zero-order valence-electron chi connectivity index (χ0n) is 13.0. The molecular weight excluding hydrogens is 649 g/mol. The second kappa shape index (κ2) is 6.61. The number of fused-ring (bicyclic) bond motifs is 3. The van der Waals surface area contributed by atoms with E-state index in [1.165, 1.54) is 12.7 Å². The summed E-state index contributed by atoms with van der Waals surface area (Å²) < 4.78 is 21.0. The predicted octanol–water partition coefficient (Wildman–Crippen LogP) is 4.54. The smallest absolute Gasteiger partial charge is 0.339 e. The first kappa shape index (κ1) is 17.9. The first-order valence-electron chi connectivity index (χ1n) is 7.83. The van der Waals surface area contributed by atoms with Crippen molar-refractivity contribution >= 4 is 78.7 Å². The van der Waals surface area contributed by atoms with Gasteiger partial charge in [-0.05, 0) is 98.7 Å². The summed E-state index contributed by atoms with van der Waals surface area (Å²) in [7, 11) is 0. The van der Waals surface area contributed by atoms with Gasteiger partial charge in [0.15, 0.2) is 11.4 Å². The number of hydrogen-bond acceptors (Lipinski definition) is 4. The molecule has 4 nitrogen and oxygen atoms in total. The molecule has 24 heavy (non-hydrogen) atoms. The van der Waals surface area contributed by atoms with Crippen molar-refractivity contribution < 1.29 is 13.9 Å². The largest absolute Gasteiger partial charge is 0.421 e. The SMILES string of the molecule is Cc1c(I)c(I)c2c3c(c(=O)oc2c1I)CC1(CC3)OCCCO1. The lowest BCUT2D eigenvalue weighted by atomic mass is 9.86. The highest BCUT2D eigenvalue weighted by atomic mass is 127. The summed E-state index contributed by atoms with van der Waals surface area (Å²) in [5.41, 5.74) is 3.49. The van der Waals surface area contributed by atoms with Gasteiger partial charge < -0.3 is 13.9 Å². The molecule has 1 fully saturated rings. The van der Waals surface area contributed by atoms with E-state index in [-0.39, 0.29) is 5.63 Å². The van der Waals surface area contributed by atoms with Gasteiger partial charge >= 0.3 is 5.63 Å². The first-order valence-corrected chi connectivity index (χ1v) is 11.1. The minimum atomic E-state index is -0.635. The number of hydrogen-bond donors (Lipinski definition) is 0. The van der Waals surface area contributed by atoms with E-state index in [0.717, 1.165) is 44.9 Å². The highest BCUT2D eigenvalue weighted by Crippen LogP contribution is 2.40. The van der Waals surface area contributed by atoms with E-state index in [4.69, 9.17) is 13.9 Å². The fourth-order valence-corrected chi connectivity index (χ4v) is 6.22. The molecule has 1 spiro atoms. The Balaban J connectivity index is 1.97. The minimum absolute atomic E-state index is 0.247. The van der Waals surface area contributed by atoms with Gasteiger partial charge in [0.1, 0.15) is 0 Å². The molecule has 0 saturated carbocycles. The van der Waals surface area contributed by atoms with Crippen molar-refractivity contribution in [3.63, 3.8) is 0 Å². The molecule has 0 bridgehead atoms. The highest BCUT2D eigenvalue weighted by Gasteiger charge is 2.41. The van der Waals surface area contributed by atoms with Gasteiger partial charge in [-0.3, -0.25) is 0 Å². The molecule has 128 valence electrons. The van der Waals surface area contributed by atoms with Gasteiger partial charge in [-0.15, -0.1) is 0 Å². The van der Waals surface area contributed by atoms with Gasteiger partial charge in [-0.2, -0.15) is 0 Å². The molecule has 2 aliphatic rings. The molecule has 1 aliphatic carbocycles. The predicted molar refractivity (Wildman–Crippen MR) is 117 cm³/mol. The lowest BCUT2D eigenvalue weighted by molar-refractivity contribution is -0.271. The van der Waals surface area contributed by atoms with Crippen molar-refractivity contribution in [3.8, 4) is 0 Å². The maximum atomic E-state index is 12.7. The first-order chi connectivity index (χ1) is 11.4. The molecule has 4 rings (SSSR count). The van der Waals surface area contributed by atoms with Crippen LogP contribution in [0.1, 0.15) is 29.5 Å². The van der Waals surface area contributed by atoms with E-state index in [2.05, 4.69) is 74.7 Å². The van der Waals surface area contributed by atoms with Gasteiger partial charge in [0, 0.05) is 30.9 Å². The van der Waals surface area contributed by atoms with Gasteiger partial charge in [-0.25, -0.2) is 4.79 Å². The molecule has 1 aromatic carbocycles. The Morgan fingerprint density at radius 1 is 1.00 bits per heavy atom. The Morgan fingerprint density at radius 2 is 1.71 bits per heavy atom. The van der Waals surface area contributed by atoms with Crippen LogP contribution in [0.4, 0.5) is 0 Å². The Bertz CT molecular complexity index is 897. The van der Waals surface area contributed by atoms with Crippen LogP contribution in [-0.4, -0.2) is 19.0 Å². The number of halogens is 3. The molecule has 0 atom stereocenters.